The van der Waals surface area contributed by atoms with Gasteiger partial charge in [-0.05, 0) is 36.5 Å². The summed E-state index contributed by atoms with van der Waals surface area (Å²) in [4.78, 5) is 24.3. The van der Waals surface area contributed by atoms with E-state index in [2.05, 4.69) is 42.6 Å². The molecule has 0 radical (unpaired) electrons. The van der Waals surface area contributed by atoms with E-state index in [0.717, 1.165) is 32.6 Å². The molecule has 8 nitrogen and oxygen atoms in total. The van der Waals surface area contributed by atoms with Gasteiger partial charge in [-0.2, -0.15) is 9.97 Å². The summed E-state index contributed by atoms with van der Waals surface area (Å²) in [5.41, 5.74) is 5.87. The second kappa shape index (κ2) is 7.25. The van der Waals surface area contributed by atoms with Crippen LogP contribution in [0.2, 0.25) is 0 Å². The summed E-state index contributed by atoms with van der Waals surface area (Å²) in [6.45, 7) is 12.0. The van der Waals surface area contributed by atoms with Crippen molar-refractivity contribution in [3.8, 4) is 0 Å². The number of nitrogens with zero attached hydrogens (tertiary/aromatic N) is 5. The number of rotatable bonds is 3. The van der Waals surface area contributed by atoms with Gasteiger partial charge in [-0.1, -0.05) is 27.7 Å². The molecule has 2 aliphatic rings. The number of nitrogen functional groups attached to an aromatic ring is 1. The molecule has 2 N–H and O–H groups in total. The number of hydrogen-bond donors (Lipinski definition) is 1. The summed E-state index contributed by atoms with van der Waals surface area (Å²) < 4.78 is 0. The monoisotopic (exact) mass is 362 g/mol. The SMILES string of the molecule is C[C@@H]1C[C@H](C)CN(c2nc(N)c([N+](=O)[O-])c(N3C[C@H](C)C[C@H](C)C3)n2)C1. The Bertz CT molecular complexity index is 662. The maximum absolute atomic E-state index is 11.6. The molecule has 0 unspecified atom stereocenters. The molecule has 144 valence electrons. The number of nitro groups is 1. The minimum Gasteiger partial charge on any atom is -0.378 e. The molecule has 2 aliphatic heterocycles. The molecule has 2 fully saturated rings. The van der Waals surface area contributed by atoms with Gasteiger partial charge in [-0.15, -0.1) is 0 Å². The first-order valence-electron chi connectivity index (χ1n) is 9.56. The van der Waals surface area contributed by atoms with Gasteiger partial charge in [-0.25, -0.2) is 0 Å². The van der Waals surface area contributed by atoms with E-state index < -0.39 is 4.92 Å². The number of piperidine rings is 2. The van der Waals surface area contributed by atoms with Gasteiger partial charge < -0.3 is 15.5 Å². The summed E-state index contributed by atoms with van der Waals surface area (Å²) >= 11 is 0. The van der Waals surface area contributed by atoms with Crippen molar-refractivity contribution in [3.63, 3.8) is 0 Å². The summed E-state index contributed by atoms with van der Waals surface area (Å²) in [6, 6.07) is 0. The summed E-state index contributed by atoms with van der Waals surface area (Å²) in [5.74, 6) is 2.87. The van der Waals surface area contributed by atoms with E-state index in [1.165, 1.54) is 6.42 Å². The molecule has 0 aliphatic carbocycles. The molecule has 3 rings (SSSR count). The Balaban J connectivity index is 2.01. The van der Waals surface area contributed by atoms with Gasteiger partial charge >= 0.3 is 5.69 Å². The fourth-order valence-corrected chi connectivity index (χ4v) is 4.65. The Morgan fingerprint density at radius 3 is 1.85 bits per heavy atom. The van der Waals surface area contributed by atoms with Crippen molar-refractivity contribution >= 4 is 23.3 Å². The van der Waals surface area contributed by atoms with Gasteiger partial charge in [0.15, 0.2) is 0 Å². The molecule has 8 heteroatoms. The van der Waals surface area contributed by atoms with Crippen molar-refractivity contribution in [2.45, 2.75) is 40.5 Å². The highest BCUT2D eigenvalue weighted by atomic mass is 16.6. The topological polar surface area (TPSA) is 101 Å². The molecular formula is C18H30N6O2. The Hall–Kier alpha value is -2.12. The number of aromatic nitrogens is 2. The van der Waals surface area contributed by atoms with Crippen molar-refractivity contribution in [1.82, 2.24) is 9.97 Å². The fourth-order valence-electron chi connectivity index (χ4n) is 4.65. The van der Waals surface area contributed by atoms with Crippen LogP contribution < -0.4 is 15.5 Å². The van der Waals surface area contributed by atoms with Crippen LogP contribution in [-0.4, -0.2) is 41.1 Å². The van der Waals surface area contributed by atoms with Crippen LogP contribution in [0.15, 0.2) is 0 Å². The van der Waals surface area contributed by atoms with E-state index in [-0.39, 0.29) is 11.5 Å². The second-order valence-corrected chi connectivity index (χ2v) is 8.54. The van der Waals surface area contributed by atoms with Gasteiger partial charge in [0.2, 0.25) is 17.6 Å². The Labute approximate surface area is 154 Å². The maximum Gasteiger partial charge on any atom is 0.353 e. The molecular weight excluding hydrogens is 332 g/mol. The Kier molecular flexibility index (Phi) is 5.20. The third-order valence-corrected chi connectivity index (χ3v) is 5.38. The van der Waals surface area contributed by atoms with E-state index in [1.807, 2.05) is 4.90 Å². The lowest BCUT2D eigenvalue weighted by atomic mass is 9.92. The molecule has 2 saturated heterocycles. The largest absolute Gasteiger partial charge is 0.378 e. The van der Waals surface area contributed by atoms with Crippen LogP contribution in [0.5, 0.6) is 0 Å². The molecule has 0 bridgehead atoms. The van der Waals surface area contributed by atoms with Crippen LogP contribution in [0, 0.1) is 33.8 Å². The molecule has 0 amide bonds. The molecule has 3 heterocycles. The van der Waals surface area contributed by atoms with Crippen LogP contribution in [0.25, 0.3) is 0 Å². The summed E-state index contributed by atoms with van der Waals surface area (Å²) in [6.07, 6.45) is 2.30. The average molecular weight is 362 g/mol. The van der Waals surface area contributed by atoms with Crippen molar-refractivity contribution in [1.29, 1.82) is 0 Å². The standard InChI is InChI=1S/C18H30N6O2/c1-11-5-12(2)8-22(7-11)17-15(24(25)26)16(19)20-18(21-17)23-9-13(3)6-14(4)10-23/h11-14H,5-10H2,1-4H3,(H2,19,20,21)/t11-,12+,13-,14+. The number of hydrogen-bond acceptors (Lipinski definition) is 7. The minimum absolute atomic E-state index is 0.0354. The van der Waals surface area contributed by atoms with E-state index in [9.17, 15) is 10.1 Å². The third-order valence-electron chi connectivity index (χ3n) is 5.38. The molecule has 0 aromatic carbocycles. The lowest BCUT2D eigenvalue weighted by Crippen LogP contribution is -2.42. The second-order valence-electron chi connectivity index (χ2n) is 8.54. The van der Waals surface area contributed by atoms with Crippen molar-refractivity contribution in [2.24, 2.45) is 23.7 Å². The van der Waals surface area contributed by atoms with E-state index in [0.29, 0.717) is 35.4 Å². The zero-order valence-corrected chi connectivity index (χ0v) is 16.2. The molecule has 1 aromatic rings. The predicted octanol–water partition coefficient (Wildman–Crippen LogP) is 2.93. The van der Waals surface area contributed by atoms with Gasteiger partial charge in [0.25, 0.3) is 0 Å². The first kappa shape index (κ1) is 18.7. The highest BCUT2D eigenvalue weighted by molar-refractivity contribution is 5.71. The summed E-state index contributed by atoms with van der Waals surface area (Å²) in [7, 11) is 0. The van der Waals surface area contributed by atoms with Gasteiger partial charge in [0.05, 0.1) is 4.92 Å². The van der Waals surface area contributed by atoms with E-state index >= 15 is 0 Å². The van der Waals surface area contributed by atoms with Crippen molar-refractivity contribution < 1.29 is 4.92 Å². The van der Waals surface area contributed by atoms with Gasteiger partial charge in [-0.3, -0.25) is 10.1 Å². The molecule has 0 saturated carbocycles. The van der Waals surface area contributed by atoms with Crippen LogP contribution in [-0.2, 0) is 0 Å². The van der Waals surface area contributed by atoms with Gasteiger partial charge in [0, 0.05) is 26.2 Å². The lowest BCUT2D eigenvalue weighted by molar-refractivity contribution is -0.383. The zero-order chi connectivity index (χ0) is 19.0. The van der Waals surface area contributed by atoms with E-state index in [4.69, 9.17) is 5.73 Å². The maximum atomic E-state index is 11.6. The van der Waals surface area contributed by atoms with E-state index in [1.54, 1.807) is 0 Å². The van der Waals surface area contributed by atoms with Crippen molar-refractivity contribution in [2.75, 3.05) is 41.7 Å². The lowest BCUT2D eigenvalue weighted by Gasteiger charge is -2.37. The Morgan fingerprint density at radius 1 is 0.923 bits per heavy atom. The third kappa shape index (κ3) is 3.83. The fraction of sp³-hybridized carbons (Fsp3) is 0.778. The summed E-state index contributed by atoms with van der Waals surface area (Å²) in [5, 5.41) is 11.6. The van der Waals surface area contributed by atoms with Crippen LogP contribution in [0.3, 0.4) is 0 Å². The number of anilines is 3. The smallest absolute Gasteiger partial charge is 0.353 e. The first-order valence-corrected chi connectivity index (χ1v) is 9.56. The molecule has 26 heavy (non-hydrogen) atoms. The normalized spacial score (nSPS) is 29.7. The molecule has 1 aromatic heterocycles. The van der Waals surface area contributed by atoms with Crippen molar-refractivity contribution in [3.05, 3.63) is 10.1 Å². The highest BCUT2D eigenvalue weighted by Gasteiger charge is 2.33. The quantitative estimate of drug-likeness (QED) is 0.651. The van der Waals surface area contributed by atoms with Crippen LogP contribution in [0.4, 0.5) is 23.3 Å². The average Bonchev–Trinajstić information content (AvgIpc) is 2.51. The van der Waals surface area contributed by atoms with Crippen LogP contribution >= 0.6 is 0 Å². The zero-order valence-electron chi connectivity index (χ0n) is 16.2. The minimum atomic E-state index is -0.445. The first-order chi connectivity index (χ1) is 12.2. The number of nitrogens with two attached hydrogens (primary N) is 1. The van der Waals surface area contributed by atoms with Gasteiger partial charge in [0.1, 0.15) is 0 Å². The Morgan fingerprint density at radius 2 is 1.38 bits per heavy atom. The highest BCUT2D eigenvalue weighted by Crippen LogP contribution is 2.37. The predicted molar refractivity (Wildman–Crippen MR) is 103 cm³/mol. The molecule has 0 spiro atoms. The molecule has 4 atom stereocenters. The van der Waals surface area contributed by atoms with Crippen LogP contribution in [0.1, 0.15) is 40.5 Å².